The number of carbonyl (C=O) groups excluding carboxylic acids is 1. The molecule has 0 saturated carbocycles. The fraction of sp³-hybridized carbons (Fsp3) is 0.353. The Morgan fingerprint density at radius 2 is 2.28 bits per heavy atom. The van der Waals surface area contributed by atoms with Gasteiger partial charge in [-0.3, -0.25) is 14.5 Å². The highest BCUT2D eigenvalue weighted by Crippen LogP contribution is 2.30. The van der Waals surface area contributed by atoms with Gasteiger partial charge in [-0.1, -0.05) is 0 Å². The molecule has 0 aliphatic rings. The van der Waals surface area contributed by atoms with E-state index in [1.165, 1.54) is 11.3 Å². The molecule has 7 nitrogen and oxygen atoms in total. The van der Waals surface area contributed by atoms with Crippen LogP contribution in [0.15, 0.2) is 33.0 Å². The van der Waals surface area contributed by atoms with Crippen LogP contribution >= 0.6 is 11.3 Å². The van der Waals surface area contributed by atoms with Crippen LogP contribution in [0.5, 0.6) is 0 Å². The number of rotatable bonds is 6. The summed E-state index contributed by atoms with van der Waals surface area (Å²) in [6.07, 6.45) is 1.58. The van der Waals surface area contributed by atoms with Crippen LogP contribution in [0, 0.1) is 0 Å². The number of hydrogen-bond donors (Lipinski definition) is 2. The lowest BCUT2D eigenvalue weighted by Crippen LogP contribution is -2.38. The zero-order valence-corrected chi connectivity index (χ0v) is 15.1. The maximum Gasteiger partial charge on any atom is 0.260 e. The summed E-state index contributed by atoms with van der Waals surface area (Å²) in [5.74, 6) is 1.12. The predicted octanol–water partition coefficient (Wildman–Crippen LogP) is 2.20. The minimum Gasteiger partial charge on any atom is -0.464 e. The standard InChI is InChI=1S/C17H20N4O3S/c1-10(2)18-14(22)8-21(3)7-13-19-16(23)15-11(9-25-17(15)20-13)12-5-4-6-24-12/h4-6,9-10H,7-8H2,1-3H3,(H,18,22)(H,19,20,23). The number of hydrogen-bond acceptors (Lipinski definition) is 6. The third-order valence-electron chi connectivity index (χ3n) is 3.56. The monoisotopic (exact) mass is 360 g/mol. The molecule has 2 N–H and O–H groups in total. The van der Waals surface area contributed by atoms with Crippen LogP contribution in [0.3, 0.4) is 0 Å². The number of likely N-dealkylation sites (N-methyl/N-ethyl adjacent to an activating group) is 1. The molecule has 0 fully saturated rings. The van der Waals surface area contributed by atoms with Gasteiger partial charge in [-0.05, 0) is 33.0 Å². The van der Waals surface area contributed by atoms with Crippen LogP contribution in [-0.2, 0) is 11.3 Å². The molecule has 1 amide bonds. The van der Waals surface area contributed by atoms with Gasteiger partial charge in [-0.15, -0.1) is 11.3 Å². The van der Waals surface area contributed by atoms with Gasteiger partial charge >= 0.3 is 0 Å². The fourth-order valence-electron chi connectivity index (χ4n) is 2.61. The number of thiophene rings is 1. The van der Waals surface area contributed by atoms with Gasteiger partial charge in [0, 0.05) is 17.0 Å². The van der Waals surface area contributed by atoms with Crippen LogP contribution in [0.1, 0.15) is 19.7 Å². The minimum absolute atomic E-state index is 0.0582. The van der Waals surface area contributed by atoms with E-state index >= 15 is 0 Å². The van der Waals surface area contributed by atoms with Gasteiger partial charge in [-0.25, -0.2) is 4.98 Å². The average molecular weight is 360 g/mol. The van der Waals surface area contributed by atoms with E-state index in [0.717, 1.165) is 5.56 Å². The summed E-state index contributed by atoms with van der Waals surface area (Å²) in [7, 11) is 1.81. The van der Waals surface area contributed by atoms with E-state index < -0.39 is 0 Å². The molecule has 0 spiro atoms. The number of amides is 1. The van der Waals surface area contributed by atoms with E-state index in [-0.39, 0.29) is 24.1 Å². The number of aromatic amines is 1. The van der Waals surface area contributed by atoms with Gasteiger partial charge in [0.2, 0.25) is 5.91 Å². The molecule has 3 aromatic rings. The van der Waals surface area contributed by atoms with Crippen molar-refractivity contribution in [3.63, 3.8) is 0 Å². The van der Waals surface area contributed by atoms with E-state index in [0.29, 0.717) is 28.3 Å². The second kappa shape index (κ2) is 7.20. The summed E-state index contributed by atoms with van der Waals surface area (Å²) in [5, 5.41) is 5.24. The maximum absolute atomic E-state index is 12.5. The lowest BCUT2D eigenvalue weighted by Gasteiger charge is -2.16. The number of furan rings is 1. The summed E-state index contributed by atoms with van der Waals surface area (Å²) >= 11 is 1.40. The largest absolute Gasteiger partial charge is 0.464 e. The molecular formula is C17H20N4O3S. The first kappa shape index (κ1) is 17.4. The van der Waals surface area contributed by atoms with Crippen LogP contribution < -0.4 is 10.9 Å². The Morgan fingerprint density at radius 3 is 2.96 bits per heavy atom. The van der Waals surface area contributed by atoms with Gasteiger partial charge in [-0.2, -0.15) is 0 Å². The van der Waals surface area contributed by atoms with Crippen molar-refractivity contribution in [1.29, 1.82) is 0 Å². The van der Waals surface area contributed by atoms with Crippen LogP contribution in [0.25, 0.3) is 21.5 Å². The third-order valence-corrected chi connectivity index (χ3v) is 4.43. The van der Waals surface area contributed by atoms with E-state index in [9.17, 15) is 9.59 Å². The minimum atomic E-state index is -0.201. The molecule has 0 aromatic carbocycles. The Balaban J connectivity index is 1.80. The van der Waals surface area contributed by atoms with Crippen molar-refractivity contribution in [2.75, 3.05) is 13.6 Å². The summed E-state index contributed by atoms with van der Waals surface area (Å²) in [4.78, 5) is 34.1. The van der Waals surface area contributed by atoms with Gasteiger partial charge in [0.05, 0.1) is 24.7 Å². The van der Waals surface area contributed by atoms with E-state index in [1.807, 2.05) is 37.2 Å². The molecule has 3 aromatic heterocycles. The second-order valence-corrected chi connectivity index (χ2v) is 7.07. The number of carbonyl (C=O) groups is 1. The number of aromatic nitrogens is 2. The van der Waals surface area contributed by atoms with Crippen LogP contribution in [0.2, 0.25) is 0 Å². The summed E-state index contributed by atoms with van der Waals surface area (Å²) in [6, 6.07) is 3.70. The molecule has 0 aliphatic heterocycles. The van der Waals surface area contributed by atoms with E-state index in [4.69, 9.17) is 4.42 Å². The number of H-pyrrole nitrogens is 1. The van der Waals surface area contributed by atoms with Gasteiger partial charge in [0.15, 0.2) is 0 Å². The molecule has 0 radical (unpaired) electrons. The highest BCUT2D eigenvalue weighted by Gasteiger charge is 2.16. The lowest BCUT2D eigenvalue weighted by atomic mass is 10.2. The molecule has 3 rings (SSSR count). The molecule has 25 heavy (non-hydrogen) atoms. The Hall–Kier alpha value is -2.45. The van der Waals surface area contributed by atoms with Gasteiger partial charge < -0.3 is 14.7 Å². The molecule has 0 saturated heterocycles. The van der Waals surface area contributed by atoms with Crippen molar-refractivity contribution in [3.05, 3.63) is 40.0 Å². The molecule has 3 heterocycles. The molecule has 8 heteroatoms. The number of fused-ring (bicyclic) bond motifs is 1. The zero-order valence-electron chi connectivity index (χ0n) is 14.3. The smallest absolute Gasteiger partial charge is 0.260 e. The fourth-order valence-corrected chi connectivity index (χ4v) is 3.55. The first-order valence-electron chi connectivity index (χ1n) is 7.96. The Morgan fingerprint density at radius 1 is 1.48 bits per heavy atom. The molecule has 0 atom stereocenters. The topological polar surface area (TPSA) is 91.2 Å². The molecule has 0 bridgehead atoms. The third kappa shape index (κ3) is 3.97. The van der Waals surface area contributed by atoms with Crippen LogP contribution in [0.4, 0.5) is 0 Å². The van der Waals surface area contributed by atoms with Crippen molar-refractivity contribution < 1.29 is 9.21 Å². The van der Waals surface area contributed by atoms with Gasteiger partial charge in [0.25, 0.3) is 5.56 Å². The summed E-state index contributed by atoms with van der Waals surface area (Å²) in [6.45, 7) is 4.45. The SMILES string of the molecule is CC(C)NC(=O)CN(C)Cc1nc2scc(-c3ccco3)c2c(=O)[nH]1. The van der Waals surface area contributed by atoms with Gasteiger partial charge in [0.1, 0.15) is 16.4 Å². The number of nitrogens with zero attached hydrogens (tertiary/aromatic N) is 2. The van der Waals surface area contributed by atoms with Crippen molar-refractivity contribution in [1.82, 2.24) is 20.2 Å². The number of nitrogens with one attached hydrogen (secondary N) is 2. The lowest BCUT2D eigenvalue weighted by molar-refractivity contribution is -0.122. The molecule has 0 aliphatic carbocycles. The molecule has 0 unspecified atom stereocenters. The van der Waals surface area contributed by atoms with E-state index in [2.05, 4.69) is 15.3 Å². The predicted molar refractivity (Wildman–Crippen MR) is 97.6 cm³/mol. The summed E-state index contributed by atoms with van der Waals surface area (Å²) < 4.78 is 5.38. The van der Waals surface area contributed by atoms with Crippen molar-refractivity contribution >= 4 is 27.5 Å². The van der Waals surface area contributed by atoms with Crippen molar-refractivity contribution in [2.45, 2.75) is 26.4 Å². The Labute approximate surface area is 148 Å². The highest BCUT2D eigenvalue weighted by atomic mass is 32.1. The highest BCUT2D eigenvalue weighted by molar-refractivity contribution is 7.17. The second-order valence-electron chi connectivity index (χ2n) is 6.21. The normalized spacial score (nSPS) is 11.6. The van der Waals surface area contributed by atoms with Crippen molar-refractivity contribution in [2.24, 2.45) is 0 Å². The average Bonchev–Trinajstić information content (AvgIpc) is 3.13. The maximum atomic E-state index is 12.5. The zero-order chi connectivity index (χ0) is 18.0. The Kier molecular flexibility index (Phi) is 5.00. The molecular weight excluding hydrogens is 340 g/mol. The quantitative estimate of drug-likeness (QED) is 0.703. The Bertz CT molecular complexity index is 927. The first-order chi connectivity index (χ1) is 11.9. The van der Waals surface area contributed by atoms with Crippen molar-refractivity contribution in [3.8, 4) is 11.3 Å². The summed E-state index contributed by atoms with van der Waals surface area (Å²) in [5.41, 5.74) is 0.544. The van der Waals surface area contributed by atoms with E-state index in [1.54, 1.807) is 12.3 Å². The first-order valence-corrected chi connectivity index (χ1v) is 8.84. The molecule has 132 valence electrons. The van der Waals surface area contributed by atoms with Crippen LogP contribution in [-0.4, -0.2) is 40.4 Å².